The van der Waals surface area contributed by atoms with Crippen molar-refractivity contribution >= 4 is 39.7 Å². The summed E-state index contributed by atoms with van der Waals surface area (Å²) in [5.41, 5.74) is 1.53. The lowest BCUT2D eigenvalue weighted by molar-refractivity contribution is -0.114. The first-order valence-corrected chi connectivity index (χ1v) is 8.92. The van der Waals surface area contributed by atoms with Crippen molar-refractivity contribution in [3.63, 3.8) is 0 Å². The van der Waals surface area contributed by atoms with Gasteiger partial charge in [0.05, 0.1) is 16.1 Å². The normalized spacial score (nSPS) is 10.3. The highest BCUT2D eigenvalue weighted by molar-refractivity contribution is 7.18. The molecule has 0 aliphatic carbocycles. The molecule has 138 valence electrons. The Morgan fingerprint density at radius 3 is 2.59 bits per heavy atom. The van der Waals surface area contributed by atoms with Crippen molar-refractivity contribution in [3.8, 4) is 0 Å². The van der Waals surface area contributed by atoms with Crippen molar-refractivity contribution in [3.05, 3.63) is 71.0 Å². The van der Waals surface area contributed by atoms with Crippen LogP contribution in [-0.4, -0.2) is 17.7 Å². The van der Waals surface area contributed by atoms with E-state index in [2.05, 4.69) is 16.0 Å². The summed E-state index contributed by atoms with van der Waals surface area (Å²) in [5.74, 6) is -0.570. The molecule has 2 aromatic heterocycles. The highest BCUT2D eigenvalue weighted by atomic mass is 32.1. The van der Waals surface area contributed by atoms with Crippen LogP contribution in [0.4, 0.5) is 10.7 Å². The number of rotatable bonds is 6. The highest BCUT2D eigenvalue weighted by Gasteiger charge is 2.13. The molecule has 8 heteroatoms. The van der Waals surface area contributed by atoms with E-state index in [1.807, 2.05) is 6.07 Å². The van der Waals surface area contributed by atoms with Gasteiger partial charge in [0.25, 0.3) is 11.8 Å². The zero-order valence-electron chi connectivity index (χ0n) is 14.4. The third kappa shape index (κ3) is 5.05. The maximum absolute atomic E-state index is 12.3. The summed E-state index contributed by atoms with van der Waals surface area (Å²) in [7, 11) is 0. The third-order valence-corrected chi connectivity index (χ3v) is 4.51. The fraction of sp³-hybridized carbons (Fsp3) is 0.105. The maximum Gasteiger partial charge on any atom is 0.291 e. The van der Waals surface area contributed by atoms with E-state index >= 15 is 0 Å². The van der Waals surface area contributed by atoms with Crippen LogP contribution >= 0.6 is 11.3 Å². The number of carbonyl (C=O) groups excluding carboxylic acids is 3. The van der Waals surface area contributed by atoms with Gasteiger partial charge in [0, 0.05) is 19.2 Å². The van der Waals surface area contributed by atoms with Crippen molar-refractivity contribution in [2.75, 3.05) is 10.6 Å². The molecular formula is C19H17N3O4S. The van der Waals surface area contributed by atoms with Crippen molar-refractivity contribution in [2.24, 2.45) is 0 Å². The van der Waals surface area contributed by atoms with Gasteiger partial charge in [-0.1, -0.05) is 12.1 Å². The second-order valence-corrected chi connectivity index (χ2v) is 6.74. The number of hydrogen-bond acceptors (Lipinski definition) is 5. The van der Waals surface area contributed by atoms with Crippen molar-refractivity contribution < 1.29 is 18.8 Å². The summed E-state index contributed by atoms with van der Waals surface area (Å²) in [6.45, 7) is 1.76. The summed E-state index contributed by atoms with van der Waals surface area (Å²) in [4.78, 5) is 35.8. The number of carbonyl (C=O) groups is 3. The van der Waals surface area contributed by atoms with Crippen LogP contribution in [-0.2, 0) is 11.3 Å². The first kappa shape index (κ1) is 18.4. The lowest BCUT2D eigenvalue weighted by atomic mass is 10.2. The van der Waals surface area contributed by atoms with Gasteiger partial charge >= 0.3 is 0 Å². The number of hydrogen-bond donors (Lipinski definition) is 3. The minimum atomic E-state index is -0.372. The molecule has 3 N–H and O–H groups in total. The number of furan rings is 1. The molecular weight excluding hydrogens is 366 g/mol. The van der Waals surface area contributed by atoms with Gasteiger partial charge in [-0.25, -0.2) is 0 Å². The van der Waals surface area contributed by atoms with E-state index in [1.54, 1.807) is 42.5 Å². The van der Waals surface area contributed by atoms with Gasteiger partial charge in [-0.05, 0) is 42.0 Å². The summed E-state index contributed by atoms with van der Waals surface area (Å²) in [6.07, 6.45) is 1.42. The van der Waals surface area contributed by atoms with E-state index in [-0.39, 0.29) is 23.5 Å². The molecule has 1 aromatic carbocycles. The standard InChI is InChI=1S/C19H17N3O4S/c1-12(23)21-14-5-2-4-13(10-14)11-20-19(25)16-7-8-17(27-16)22-18(24)15-6-3-9-26-15/h2-10H,11H2,1H3,(H,20,25)(H,21,23)(H,22,24). The Labute approximate surface area is 159 Å². The van der Waals surface area contributed by atoms with Gasteiger partial charge in [-0.15, -0.1) is 11.3 Å². The molecule has 0 bridgehead atoms. The minimum absolute atomic E-state index is 0.154. The summed E-state index contributed by atoms with van der Waals surface area (Å²) in [6, 6.07) is 13.7. The molecule has 0 aliphatic rings. The Hall–Kier alpha value is -3.39. The van der Waals surface area contributed by atoms with Gasteiger partial charge in [0.1, 0.15) is 0 Å². The molecule has 27 heavy (non-hydrogen) atoms. The van der Waals surface area contributed by atoms with Gasteiger partial charge < -0.3 is 20.4 Å². The molecule has 0 spiro atoms. The second kappa shape index (κ2) is 8.33. The van der Waals surface area contributed by atoms with E-state index in [9.17, 15) is 14.4 Å². The minimum Gasteiger partial charge on any atom is -0.459 e. The average Bonchev–Trinajstić information content (AvgIpc) is 3.31. The number of amides is 3. The van der Waals surface area contributed by atoms with Gasteiger partial charge in [0.15, 0.2) is 5.76 Å². The average molecular weight is 383 g/mol. The number of thiophene rings is 1. The molecule has 3 rings (SSSR count). The zero-order valence-corrected chi connectivity index (χ0v) is 15.3. The molecule has 3 aromatic rings. The largest absolute Gasteiger partial charge is 0.459 e. The third-order valence-electron chi connectivity index (χ3n) is 3.51. The molecule has 3 amide bonds. The molecule has 0 atom stereocenters. The van der Waals surface area contributed by atoms with E-state index in [1.165, 1.54) is 24.5 Å². The van der Waals surface area contributed by atoms with E-state index < -0.39 is 0 Å². The van der Waals surface area contributed by atoms with Crippen molar-refractivity contribution in [1.29, 1.82) is 0 Å². The Kier molecular flexibility index (Phi) is 5.68. The van der Waals surface area contributed by atoms with E-state index in [0.717, 1.165) is 5.56 Å². The monoisotopic (exact) mass is 383 g/mol. The first-order valence-electron chi connectivity index (χ1n) is 8.10. The Balaban J connectivity index is 1.56. The summed E-state index contributed by atoms with van der Waals surface area (Å²) < 4.78 is 5.03. The fourth-order valence-corrected chi connectivity index (χ4v) is 3.16. The van der Waals surface area contributed by atoms with Crippen LogP contribution in [0.5, 0.6) is 0 Å². The van der Waals surface area contributed by atoms with E-state index in [0.29, 0.717) is 22.1 Å². The van der Waals surface area contributed by atoms with Crippen LogP contribution in [0.25, 0.3) is 0 Å². The topological polar surface area (TPSA) is 100 Å². The van der Waals surface area contributed by atoms with Crippen molar-refractivity contribution in [2.45, 2.75) is 13.5 Å². The van der Waals surface area contributed by atoms with Gasteiger partial charge in [0.2, 0.25) is 5.91 Å². The van der Waals surface area contributed by atoms with Crippen LogP contribution in [0.3, 0.4) is 0 Å². The molecule has 0 unspecified atom stereocenters. The van der Waals surface area contributed by atoms with Crippen LogP contribution in [0, 0.1) is 0 Å². The number of anilines is 2. The fourth-order valence-electron chi connectivity index (χ4n) is 2.34. The number of nitrogens with one attached hydrogen (secondary N) is 3. The van der Waals surface area contributed by atoms with Crippen LogP contribution in [0.2, 0.25) is 0 Å². The molecule has 0 fully saturated rings. The van der Waals surface area contributed by atoms with Crippen LogP contribution in [0.15, 0.2) is 59.2 Å². The molecule has 0 radical (unpaired) electrons. The predicted molar refractivity (Wildman–Crippen MR) is 103 cm³/mol. The maximum atomic E-state index is 12.3. The Morgan fingerprint density at radius 1 is 1.00 bits per heavy atom. The first-order chi connectivity index (χ1) is 13.0. The highest BCUT2D eigenvalue weighted by Crippen LogP contribution is 2.22. The summed E-state index contributed by atoms with van der Waals surface area (Å²) in [5, 5.41) is 8.75. The van der Waals surface area contributed by atoms with Gasteiger partial charge in [-0.3, -0.25) is 14.4 Å². The summed E-state index contributed by atoms with van der Waals surface area (Å²) >= 11 is 1.17. The van der Waals surface area contributed by atoms with E-state index in [4.69, 9.17) is 4.42 Å². The van der Waals surface area contributed by atoms with Crippen LogP contribution in [0.1, 0.15) is 32.7 Å². The van der Waals surface area contributed by atoms with Crippen molar-refractivity contribution in [1.82, 2.24) is 5.32 Å². The second-order valence-electron chi connectivity index (χ2n) is 5.66. The Bertz CT molecular complexity index is 963. The number of benzene rings is 1. The Morgan fingerprint density at radius 2 is 1.85 bits per heavy atom. The lowest BCUT2D eigenvalue weighted by Crippen LogP contribution is -2.21. The SMILES string of the molecule is CC(=O)Nc1cccc(CNC(=O)c2ccc(NC(=O)c3ccco3)s2)c1. The quantitative estimate of drug-likeness (QED) is 0.607. The molecule has 0 aliphatic heterocycles. The zero-order chi connectivity index (χ0) is 19.2. The predicted octanol–water partition coefficient (Wildman–Crippen LogP) is 3.48. The molecule has 7 nitrogen and oxygen atoms in total. The van der Waals surface area contributed by atoms with Gasteiger partial charge in [-0.2, -0.15) is 0 Å². The molecule has 0 saturated carbocycles. The van der Waals surface area contributed by atoms with Crippen LogP contribution < -0.4 is 16.0 Å². The molecule has 0 saturated heterocycles. The lowest BCUT2D eigenvalue weighted by Gasteiger charge is -2.07. The smallest absolute Gasteiger partial charge is 0.291 e. The molecule has 2 heterocycles.